The Bertz CT molecular complexity index is 331. The third-order valence-electron chi connectivity index (χ3n) is 1.73. The molecular weight excluding hydrogens is 156 g/mol. The van der Waals surface area contributed by atoms with Crippen LogP contribution < -0.4 is 9.47 Å². The fourth-order valence-electron chi connectivity index (χ4n) is 1.17. The van der Waals surface area contributed by atoms with E-state index in [1.54, 1.807) is 6.07 Å². The molecule has 0 unspecified atom stereocenters. The van der Waals surface area contributed by atoms with Crippen LogP contribution in [0, 0.1) is 6.92 Å². The molecule has 0 bridgehead atoms. The summed E-state index contributed by atoms with van der Waals surface area (Å²) in [4.78, 5) is 10.8. The Morgan fingerprint density at radius 3 is 3.08 bits per heavy atom. The first-order valence-electron chi connectivity index (χ1n) is 3.70. The van der Waals surface area contributed by atoms with Crippen LogP contribution in [0.5, 0.6) is 11.5 Å². The van der Waals surface area contributed by atoms with Crippen molar-refractivity contribution in [3.63, 3.8) is 0 Å². The molecule has 1 aromatic rings. The van der Waals surface area contributed by atoms with Crippen LogP contribution in [0.3, 0.4) is 0 Å². The van der Waals surface area contributed by atoms with Crippen molar-refractivity contribution in [2.45, 2.75) is 6.92 Å². The van der Waals surface area contributed by atoms with Crippen molar-refractivity contribution in [3.8, 4) is 11.5 Å². The van der Waals surface area contributed by atoms with E-state index < -0.39 is 0 Å². The second-order valence-electron chi connectivity index (χ2n) is 2.66. The number of para-hydroxylation sites is 1. The molecule has 0 aliphatic carbocycles. The number of benzene rings is 1. The van der Waals surface area contributed by atoms with E-state index in [0.29, 0.717) is 11.5 Å². The molecule has 0 saturated carbocycles. The highest BCUT2D eigenvalue weighted by Crippen LogP contribution is 2.32. The summed E-state index contributed by atoms with van der Waals surface area (Å²) in [5, 5.41) is 0. The van der Waals surface area contributed by atoms with E-state index in [1.165, 1.54) is 0 Å². The predicted molar refractivity (Wildman–Crippen MR) is 42.3 cm³/mol. The first-order valence-corrected chi connectivity index (χ1v) is 3.70. The number of fused-ring (bicyclic) bond motifs is 1. The second-order valence-corrected chi connectivity index (χ2v) is 2.66. The first kappa shape index (κ1) is 7.16. The van der Waals surface area contributed by atoms with Crippen LogP contribution in [0.4, 0.5) is 0 Å². The molecule has 1 aliphatic rings. The van der Waals surface area contributed by atoms with Gasteiger partial charge in [0.15, 0.2) is 18.1 Å². The predicted octanol–water partition coefficient (Wildman–Crippen LogP) is 1.29. The van der Waals surface area contributed by atoms with Crippen molar-refractivity contribution in [1.29, 1.82) is 0 Å². The molecule has 1 aliphatic heterocycles. The molecule has 0 N–H and O–H groups in total. The molecule has 1 heterocycles. The molecule has 0 fully saturated rings. The van der Waals surface area contributed by atoms with Gasteiger partial charge in [-0.05, 0) is 18.6 Å². The Balaban J connectivity index is 2.48. The zero-order valence-corrected chi connectivity index (χ0v) is 6.66. The zero-order valence-electron chi connectivity index (χ0n) is 6.66. The van der Waals surface area contributed by atoms with E-state index in [-0.39, 0.29) is 12.6 Å². The molecule has 0 atom stereocenters. The minimum Gasteiger partial charge on any atom is -0.478 e. The van der Waals surface area contributed by atoms with Crippen LogP contribution >= 0.6 is 0 Å². The van der Waals surface area contributed by atoms with Crippen molar-refractivity contribution >= 4 is 5.97 Å². The lowest BCUT2D eigenvalue weighted by molar-refractivity contribution is -0.138. The lowest BCUT2D eigenvalue weighted by atomic mass is 10.2. The van der Waals surface area contributed by atoms with Gasteiger partial charge >= 0.3 is 5.97 Å². The number of aryl methyl sites for hydroxylation is 1. The quantitative estimate of drug-likeness (QED) is 0.428. The summed E-state index contributed by atoms with van der Waals surface area (Å²) in [6.07, 6.45) is 0. The third-order valence-corrected chi connectivity index (χ3v) is 1.73. The van der Waals surface area contributed by atoms with E-state index >= 15 is 0 Å². The minimum absolute atomic E-state index is 0.0118. The Labute approximate surface area is 69.9 Å². The van der Waals surface area contributed by atoms with Crippen LogP contribution in [0.1, 0.15) is 5.56 Å². The topological polar surface area (TPSA) is 35.5 Å². The maximum absolute atomic E-state index is 10.8. The lowest BCUT2D eigenvalue weighted by Gasteiger charge is -2.17. The van der Waals surface area contributed by atoms with Gasteiger partial charge in [-0.15, -0.1) is 0 Å². The Morgan fingerprint density at radius 1 is 1.42 bits per heavy atom. The van der Waals surface area contributed by atoms with E-state index in [2.05, 4.69) is 0 Å². The maximum Gasteiger partial charge on any atom is 0.349 e. The van der Waals surface area contributed by atoms with Gasteiger partial charge in [0, 0.05) is 0 Å². The van der Waals surface area contributed by atoms with Gasteiger partial charge < -0.3 is 9.47 Å². The van der Waals surface area contributed by atoms with Gasteiger partial charge in [0.2, 0.25) is 0 Å². The normalized spacial score (nSPS) is 14.6. The molecule has 12 heavy (non-hydrogen) atoms. The van der Waals surface area contributed by atoms with Crippen molar-refractivity contribution in [2.75, 3.05) is 6.61 Å². The summed E-state index contributed by atoms with van der Waals surface area (Å²) in [5.41, 5.74) is 0.986. The number of hydrogen-bond donors (Lipinski definition) is 0. The molecule has 0 radical (unpaired) electrons. The van der Waals surface area contributed by atoms with Crippen LogP contribution in [0.25, 0.3) is 0 Å². The number of esters is 1. The molecular formula is C9H8O3. The smallest absolute Gasteiger partial charge is 0.349 e. The van der Waals surface area contributed by atoms with Gasteiger partial charge in [0.1, 0.15) is 0 Å². The molecule has 3 nitrogen and oxygen atoms in total. The number of ether oxygens (including phenoxy) is 2. The maximum atomic E-state index is 10.8. The molecule has 2 rings (SSSR count). The average molecular weight is 164 g/mol. The highest BCUT2D eigenvalue weighted by atomic mass is 16.6. The fourth-order valence-corrected chi connectivity index (χ4v) is 1.17. The van der Waals surface area contributed by atoms with E-state index in [4.69, 9.17) is 9.47 Å². The summed E-state index contributed by atoms with van der Waals surface area (Å²) in [7, 11) is 0. The Kier molecular flexibility index (Phi) is 1.50. The van der Waals surface area contributed by atoms with Crippen LogP contribution in [0.15, 0.2) is 18.2 Å². The standard InChI is InChI=1S/C9H8O3/c1-6-3-2-4-7-9(6)11-5-8(10)12-7/h2-4H,5H2,1H3. The first-order chi connectivity index (χ1) is 5.77. The highest BCUT2D eigenvalue weighted by Gasteiger charge is 2.18. The van der Waals surface area contributed by atoms with Gasteiger partial charge in [0.05, 0.1) is 0 Å². The van der Waals surface area contributed by atoms with Gasteiger partial charge in [-0.2, -0.15) is 0 Å². The zero-order chi connectivity index (χ0) is 8.55. The van der Waals surface area contributed by atoms with Gasteiger partial charge in [-0.25, -0.2) is 4.79 Å². The van der Waals surface area contributed by atoms with Crippen molar-refractivity contribution in [2.24, 2.45) is 0 Å². The van der Waals surface area contributed by atoms with Crippen molar-refractivity contribution < 1.29 is 14.3 Å². The lowest BCUT2D eigenvalue weighted by Crippen LogP contribution is -2.23. The van der Waals surface area contributed by atoms with Crippen LogP contribution in [0.2, 0.25) is 0 Å². The summed E-state index contributed by atoms with van der Waals surface area (Å²) < 4.78 is 10.1. The van der Waals surface area contributed by atoms with Gasteiger partial charge in [-0.3, -0.25) is 0 Å². The minimum atomic E-state index is -0.340. The SMILES string of the molecule is Cc1cccc2c1OCC(=O)O2. The van der Waals surface area contributed by atoms with Gasteiger partial charge in [-0.1, -0.05) is 12.1 Å². The molecule has 0 aromatic heterocycles. The van der Waals surface area contributed by atoms with Gasteiger partial charge in [0.25, 0.3) is 0 Å². The van der Waals surface area contributed by atoms with Crippen LogP contribution in [-0.4, -0.2) is 12.6 Å². The summed E-state index contributed by atoms with van der Waals surface area (Å²) in [6.45, 7) is 1.93. The summed E-state index contributed by atoms with van der Waals surface area (Å²) in [5.74, 6) is 0.858. The summed E-state index contributed by atoms with van der Waals surface area (Å²) in [6, 6.07) is 5.47. The monoisotopic (exact) mass is 164 g/mol. The Hall–Kier alpha value is -1.51. The van der Waals surface area contributed by atoms with E-state index in [9.17, 15) is 4.79 Å². The molecule has 1 aromatic carbocycles. The number of carbonyl (C=O) groups excluding carboxylic acids is 1. The van der Waals surface area contributed by atoms with E-state index in [1.807, 2.05) is 19.1 Å². The number of rotatable bonds is 0. The van der Waals surface area contributed by atoms with Crippen molar-refractivity contribution in [1.82, 2.24) is 0 Å². The van der Waals surface area contributed by atoms with Crippen LogP contribution in [-0.2, 0) is 4.79 Å². The molecule has 62 valence electrons. The largest absolute Gasteiger partial charge is 0.478 e. The number of hydrogen-bond acceptors (Lipinski definition) is 3. The fraction of sp³-hybridized carbons (Fsp3) is 0.222. The third kappa shape index (κ3) is 1.03. The molecule has 0 saturated heterocycles. The average Bonchev–Trinajstić information content (AvgIpc) is 2.04. The summed E-state index contributed by atoms with van der Waals surface area (Å²) >= 11 is 0. The second kappa shape index (κ2) is 2.52. The van der Waals surface area contributed by atoms with Crippen molar-refractivity contribution in [3.05, 3.63) is 23.8 Å². The molecule has 0 amide bonds. The molecule has 3 heteroatoms. The highest BCUT2D eigenvalue weighted by molar-refractivity contribution is 5.77. The molecule has 0 spiro atoms. The number of carbonyl (C=O) groups is 1. The van der Waals surface area contributed by atoms with E-state index in [0.717, 1.165) is 5.56 Å². The Morgan fingerprint density at radius 2 is 2.25 bits per heavy atom.